The molecule has 6 nitrogen and oxygen atoms in total. The molecule has 2 aromatic carbocycles. The summed E-state index contributed by atoms with van der Waals surface area (Å²) in [7, 11) is 0. The highest BCUT2D eigenvalue weighted by Crippen LogP contribution is 2.25. The van der Waals surface area contributed by atoms with Crippen LogP contribution in [0.15, 0.2) is 54.6 Å². The smallest absolute Gasteiger partial charge is 0.252 e. The minimum absolute atomic E-state index is 0.113. The summed E-state index contributed by atoms with van der Waals surface area (Å²) in [6.45, 7) is 9.02. The van der Waals surface area contributed by atoms with E-state index in [1.54, 1.807) is 0 Å². The van der Waals surface area contributed by atoms with Gasteiger partial charge in [-0.25, -0.2) is 9.67 Å². The highest BCUT2D eigenvalue weighted by molar-refractivity contribution is 6.06. The number of aromatic nitrogens is 3. The normalized spacial score (nSPS) is 11.0. The van der Waals surface area contributed by atoms with Gasteiger partial charge in [0, 0.05) is 12.2 Å². The Hall–Kier alpha value is -3.67. The van der Waals surface area contributed by atoms with Crippen molar-refractivity contribution in [1.82, 2.24) is 20.1 Å². The third-order valence-electron chi connectivity index (χ3n) is 5.40. The molecule has 0 saturated carbocycles. The standard InChI is InChI=1S/C26H28N4O2/c1-5-32-22-12-8-20(9-13-22)14-15-27-26(31)23-16-18(3)28-25-24(23)19(4)29-30(25)21-10-6-17(2)7-11-21/h6-13,16H,5,14-15H2,1-4H3,(H,27,31). The van der Waals surface area contributed by atoms with E-state index in [0.717, 1.165) is 40.2 Å². The van der Waals surface area contributed by atoms with Gasteiger partial charge in [-0.2, -0.15) is 5.10 Å². The Morgan fingerprint density at radius 3 is 2.44 bits per heavy atom. The van der Waals surface area contributed by atoms with Gasteiger partial charge in [0.2, 0.25) is 0 Å². The van der Waals surface area contributed by atoms with Crippen molar-refractivity contribution in [1.29, 1.82) is 0 Å². The number of carbonyl (C=O) groups is 1. The third kappa shape index (κ3) is 4.49. The van der Waals surface area contributed by atoms with Crippen LogP contribution in [0.5, 0.6) is 5.75 Å². The molecule has 0 spiro atoms. The van der Waals surface area contributed by atoms with Crippen molar-refractivity contribution in [3.63, 3.8) is 0 Å². The first-order valence-corrected chi connectivity index (χ1v) is 10.9. The SMILES string of the molecule is CCOc1ccc(CCNC(=O)c2cc(C)nc3c2c(C)nn3-c2ccc(C)cc2)cc1. The summed E-state index contributed by atoms with van der Waals surface area (Å²) in [5, 5.41) is 8.53. The zero-order valence-corrected chi connectivity index (χ0v) is 19.0. The van der Waals surface area contributed by atoms with Crippen molar-refractivity contribution in [3.8, 4) is 11.4 Å². The summed E-state index contributed by atoms with van der Waals surface area (Å²) in [6.07, 6.45) is 0.743. The minimum atomic E-state index is -0.113. The summed E-state index contributed by atoms with van der Waals surface area (Å²) in [5.41, 5.74) is 6.12. The van der Waals surface area contributed by atoms with E-state index in [1.165, 1.54) is 5.56 Å². The number of ether oxygens (including phenoxy) is 1. The molecule has 0 fully saturated rings. The first kappa shape index (κ1) is 21.6. The van der Waals surface area contributed by atoms with E-state index >= 15 is 0 Å². The lowest BCUT2D eigenvalue weighted by atomic mass is 10.1. The number of pyridine rings is 1. The van der Waals surface area contributed by atoms with Crippen LogP contribution in [-0.2, 0) is 6.42 Å². The highest BCUT2D eigenvalue weighted by atomic mass is 16.5. The lowest BCUT2D eigenvalue weighted by Gasteiger charge is -2.09. The molecule has 1 amide bonds. The van der Waals surface area contributed by atoms with Crippen LogP contribution in [0.25, 0.3) is 16.7 Å². The van der Waals surface area contributed by atoms with Gasteiger partial charge in [0.05, 0.1) is 28.9 Å². The fraction of sp³-hybridized carbons (Fsp3) is 0.269. The summed E-state index contributed by atoms with van der Waals surface area (Å²) in [5.74, 6) is 0.744. The first-order chi connectivity index (χ1) is 15.5. The number of nitrogens with zero attached hydrogens (tertiary/aromatic N) is 3. The molecular weight excluding hydrogens is 400 g/mol. The van der Waals surface area contributed by atoms with Crippen LogP contribution in [0.2, 0.25) is 0 Å². The van der Waals surface area contributed by atoms with Gasteiger partial charge in [-0.1, -0.05) is 29.8 Å². The lowest BCUT2D eigenvalue weighted by molar-refractivity contribution is 0.0955. The average Bonchev–Trinajstić information content (AvgIpc) is 3.11. The van der Waals surface area contributed by atoms with Crippen molar-refractivity contribution in [3.05, 3.63) is 82.7 Å². The zero-order chi connectivity index (χ0) is 22.7. The van der Waals surface area contributed by atoms with Crippen molar-refractivity contribution < 1.29 is 9.53 Å². The molecule has 0 radical (unpaired) electrons. The topological polar surface area (TPSA) is 69.0 Å². The van der Waals surface area contributed by atoms with Crippen molar-refractivity contribution >= 4 is 16.9 Å². The van der Waals surface area contributed by atoms with Gasteiger partial charge in [0.1, 0.15) is 5.75 Å². The quantitative estimate of drug-likeness (QED) is 0.463. The molecule has 4 rings (SSSR count). The second-order valence-electron chi connectivity index (χ2n) is 7.93. The summed E-state index contributed by atoms with van der Waals surface area (Å²) in [6, 6.07) is 17.9. The Bertz CT molecular complexity index is 1240. The number of amides is 1. The van der Waals surface area contributed by atoms with Crippen LogP contribution in [0.3, 0.4) is 0 Å². The van der Waals surface area contributed by atoms with Crippen LogP contribution in [-0.4, -0.2) is 33.8 Å². The molecule has 0 aliphatic carbocycles. The molecule has 0 aliphatic heterocycles. The minimum Gasteiger partial charge on any atom is -0.494 e. The van der Waals surface area contributed by atoms with E-state index in [0.29, 0.717) is 24.4 Å². The van der Waals surface area contributed by atoms with Crippen LogP contribution in [0, 0.1) is 20.8 Å². The molecule has 6 heteroatoms. The van der Waals surface area contributed by atoms with E-state index < -0.39 is 0 Å². The van der Waals surface area contributed by atoms with Gasteiger partial charge in [-0.3, -0.25) is 4.79 Å². The number of hydrogen-bond donors (Lipinski definition) is 1. The monoisotopic (exact) mass is 428 g/mol. The molecule has 0 unspecified atom stereocenters. The maximum absolute atomic E-state index is 13.1. The molecule has 164 valence electrons. The number of benzene rings is 2. The summed E-state index contributed by atoms with van der Waals surface area (Å²) < 4.78 is 7.29. The van der Waals surface area contributed by atoms with Crippen LogP contribution < -0.4 is 10.1 Å². The van der Waals surface area contributed by atoms with E-state index in [1.807, 2.05) is 80.1 Å². The Morgan fingerprint density at radius 1 is 1.03 bits per heavy atom. The maximum atomic E-state index is 13.1. The van der Waals surface area contributed by atoms with E-state index in [-0.39, 0.29) is 5.91 Å². The molecule has 0 aliphatic rings. The maximum Gasteiger partial charge on any atom is 0.252 e. The molecule has 0 atom stereocenters. The number of aryl methyl sites for hydroxylation is 3. The molecule has 1 N–H and O–H groups in total. The van der Waals surface area contributed by atoms with Gasteiger partial charge in [0.15, 0.2) is 5.65 Å². The Morgan fingerprint density at radius 2 is 1.75 bits per heavy atom. The van der Waals surface area contributed by atoms with E-state index in [9.17, 15) is 4.79 Å². The van der Waals surface area contributed by atoms with Crippen molar-refractivity contribution in [2.75, 3.05) is 13.2 Å². The first-order valence-electron chi connectivity index (χ1n) is 10.9. The van der Waals surface area contributed by atoms with E-state index in [2.05, 4.69) is 17.3 Å². The fourth-order valence-corrected chi connectivity index (χ4v) is 3.79. The molecule has 0 bridgehead atoms. The molecule has 32 heavy (non-hydrogen) atoms. The van der Waals surface area contributed by atoms with E-state index in [4.69, 9.17) is 9.72 Å². The molecule has 4 aromatic rings. The second-order valence-corrected chi connectivity index (χ2v) is 7.93. The number of hydrogen-bond acceptors (Lipinski definition) is 4. The Kier molecular flexibility index (Phi) is 6.21. The Balaban J connectivity index is 1.55. The molecule has 2 aromatic heterocycles. The third-order valence-corrected chi connectivity index (χ3v) is 5.40. The second kappa shape index (κ2) is 9.22. The van der Waals surface area contributed by atoms with Crippen molar-refractivity contribution in [2.24, 2.45) is 0 Å². The predicted molar refractivity (Wildman–Crippen MR) is 127 cm³/mol. The Labute approximate surface area is 188 Å². The van der Waals surface area contributed by atoms with Gasteiger partial charge >= 0.3 is 0 Å². The summed E-state index contributed by atoms with van der Waals surface area (Å²) >= 11 is 0. The largest absolute Gasteiger partial charge is 0.494 e. The number of rotatable bonds is 7. The van der Waals surface area contributed by atoms with Crippen LogP contribution >= 0.6 is 0 Å². The molecular formula is C26H28N4O2. The van der Waals surface area contributed by atoms with Gasteiger partial charge in [-0.05, 0) is 70.0 Å². The van der Waals surface area contributed by atoms with Crippen LogP contribution in [0.4, 0.5) is 0 Å². The molecule has 2 heterocycles. The van der Waals surface area contributed by atoms with Gasteiger partial charge in [0.25, 0.3) is 5.91 Å². The number of fused-ring (bicyclic) bond motifs is 1. The highest BCUT2D eigenvalue weighted by Gasteiger charge is 2.19. The van der Waals surface area contributed by atoms with Crippen LogP contribution in [0.1, 0.15) is 39.8 Å². The van der Waals surface area contributed by atoms with Gasteiger partial charge < -0.3 is 10.1 Å². The predicted octanol–water partition coefficient (Wildman–Crippen LogP) is 4.72. The average molecular weight is 429 g/mol. The molecule has 0 saturated heterocycles. The lowest BCUT2D eigenvalue weighted by Crippen LogP contribution is -2.26. The number of nitrogens with one attached hydrogen (secondary N) is 1. The number of carbonyl (C=O) groups excluding carboxylic acids is 1. The zero-order valence-electron chi connectivity index (χ0n) is 19.0. The fourth-order valence-electron chi connectivity index (χ4n) is 3.79. The van der Waals surface area contributed by atoms with Gasteiger partial charge in [-0.15, -0.1) is 0 Å². The van der Waals surface area contributed by atoms with Crippen molar-refractivity contribution in [2.45, 2.75) is 34.1 Å². The summed E-state index contributed by atoms with van der Waals surface area (Å²) in [4.78, 5) is 17.8.